The molecule has 0 atom stereocenters. The van der Waals surface area contributed by atoms with Gasteiger partial charge in [-0.15, -0.1) is 0 Å². The molecular formula is C18H19BrN2O2. The van der Waals surface area contributed by atoms with Gasteiger partial charge in [0.1, 0.15) is 0 Å². The zero-order valence-electron chi connectivity index (χ0n) is 13.4. The molecule has 0 fully saturated rings. The van der Waals surface area contributed by atoms with E-state index in [1.807, 2.05) is 38.1 Å². The van der Waals surface area contributed by atoms with Crippen molar-refractivity contribution in [3.63, 3.8) is 0 Å². The van der Waals surface area contributed by atoms with Gasteiger partial charge in [-0.25, -0.2) is 0 Å². The molecule has 5 heteroatoms. The van der Waals surface area contributed by atoms with Gasteiger partial charge in [-0.1, -0.05) is 30.3 Å². The van der Waals surface area contributed by atoms with Crippen molar-refractivity contribution in [2.75, 3.05) is 18.9 Å². The first kappa shape index (κ1) is 17.2. The summed E-state index contributed by atoms with van der Waals surface area (Å²) in [5.41, 5.74) is 3.34. The summed E-state index contributed by atoms with van der Waals surface area (Å²) in [5.74, 6) is -0.417. The van der Waals surface area contributed by atoms with E-state index in [0.717, 1.165) is 16.8 Å². The second-order valence-electron chi connectivity index (χ2n) is 5.46. The van der Waals surface area contributed by atoms with Gasteiger partial charge in [-0.3, -0.25) is 9.59 Å². The summed E-state index contributed by atoms with van der Waals surface area (Å²) in [6, 6.07) is 13.0. The number of hydrogen-bond donors (Lipinski definition) is 1. The Labute approximate surface area is 144 Å². The number of halogens is 1. The minimum absolute atomic E-state index is 0.00601. The fraction of sp³-hybridized carbons (Fsp3) is 0.222. The van der Waals surface area contributed by atoms with Gasteiger partial charge in [0.05, 0.1) is 12.1 Å². The number of likely N-dealkylation sites (N-methyl/N-ethyl adjacent to an activating group) is 1. The van der Waals surface area contributed by atoms with Crippen LogP contribution < -0.4 is 5.32 Å². The molecule has 2 aromatic rings. The molecule has 0 unspecified atom stereocenters. The first-order valence-corrected chi connectivity index (χ1v) is 8.05. The van der Waals surface area contributed by atoms with Crippen molar-refractivity contribution in [1.82, 2.24) is 4.90 Å². The van der Waals surface area contributed by atoms with E-state index in [1.165, 1.54) is 4.90 Å². The maximum absolute atomic E-state index is 12.4. The number of nitrogens with zero attached hydrogens (tertiary/aromatic N) is 1. The predicted octanol–water partition coefficient (Wildman–Crippen LogP) is 3.78. The number of carbonyl (C=O) groups excluding carboxylic acids is 2. The Bertz CT molecular complexity index is 723. The molecule has 2 aromatic carbocycles. The van der Waals surface area contributed by atoms with Crippen LogP contribution in [-0.2, 0) is 4.79 Å². The van der Waals surface area contributed by atoms with E-state index in [4.69, 9.17) is 0 Å². The maximum Gasteiger partial charge on any atom is 0.255 e. The van der Waals surface area contributed by atoms with Crippen molar-refractivity contribution in [1.29, 1.82) is 0 Å². The van der Waals surface area contributed by atoms with Gasteiger partial charge >= 0.3 is 0 Å². The SMILES string of the molecule is Cc1cccc(C)c1NC(=O)CN(C)C(=O)c1ccccc1Br. The van der Waals surface area contributed by atoms with Gasteiger partial charge in [-0.2, -0.15) is 0 Å². The summed E-state index contributed by atoms with van der Waals surface area (Å²) in [7, 11) is 1.62. The van der Waals surface area contributed by atoms with Crippen LogP contribution in [0.4, 0.5) is 5.69 Å². The summed E-state index contributed by atoms with van der Waals surface area (Å²) in [4.78, 5) is 26.0. The molecule has 0 saturated heterocycles. The van der Waals surface area contributed by atoms with Crippen LogP contribution >= 0.6 is 15.9 Å². The average molecular weight is 375 g/mol. The van der Waals surface area contributed by atoms with Crippen molar-refractivity contribution >= 4 is 33.4 Å². The number of nitrogens with one attached hydrogen (secondary N) is 1. The fourth-order valence-corrected chi connectivity index (χ4v) is 2.77. The van der Waals surface area contributed by atoms with Gasteiger partial charge < -0.3 is 10.2 Å². The zero-order valence-corrected chi connectivity index (χ0v) is 15.0. The summed E-state index contributed by atoms with van der Waals surface area (Å²) in [5, 5.41) is 2.89. The molecule has 23 heavy (non-hydrogen) atoms. The third-order valence-electron chi connectivity index (χ3n) is 3.58. The normalized spacial score (nSPS) is 10.3. The molecule has 2 amide bonds. The van der Waals surface area contributed by atoms with Crippen molar-refractivity contribution < 1.29 is 9.59 Å². The molecule has 0 saturated carbocycles. The maximum atomic E-state index is 12.4. The Morgan fingerprint density at radius 3 is 2.26 bits per heavy atom. The molecule has 0 spiro atoms. The van der Waals surface area contributed by atoms with Crippen LogP contribution in [0.15, 0.2) is 46.9 Å². The van der Waals surface area contributed by atoms with E-state index in [-0.39, 0.29) is 18.4 Å². The molecular weight excluding hydrogens is 356 g/mol. The van der Waals surface area contributed by atoms with E-state index < -0.39 is 0 Å². The summed E-state index contributed by atoms with van der Waals surface area (Å²) < 4.78 is 0.715. The third kappa shape index (κ3) is 4.20. The van der Waals surface area contributed by atoms with Crippen LogP contribution in [0.3, 0.4) is 0 Å². The summed E-state index contributed by atoms with van der Waals surface area (Å²) >= 11 is 3.36. The molecule has 0 heterocycles. The lowest BCUT2D eigenvalue weighted by atomic mass is 10.1. The number of rotatable bonds is 4. The second kappa shape index (κ2) is 7.42. The molecule has 4 nitrogen and oxygen atoms in total. The van der Waals surface area contributed by atoms with E-state index in [9.17, 15) is 9.59 Å². The Kier molecular flexibility index (Phi) is 5.55. The monoisotopic (exact) mass is 374 g/mol. The van der Waals surface area contributed by atoms with Crippen molar-refractivity contribution in [3.05, 3.63) is 63.6 Å². The number of hydrogen-bond acceptors (Lipinski definition) is 2. The van der Waals surface area contributed by atoms with Crippen molar-refractivity contribution in [3.8, 4) is 0 Å². The van der Waals surface area contributed by atoms with Gasteiger partial charge in [0, 0.05) is 17.2 Å². The standard InChI is InChI=1S/C18H19BrN2O2/c1-12-7-6-8-13(2)17(12)20-16(22)11-21(3)18(23)14-9-4-5-10-15(14)19/h4-10H,11H2,1-3H3,(H,20,22). The summed E-state index contributed by atoms with van der Waals surface area (Å²) in [6.07, 6.45) is 0. The highest BCUT2D eigenvalue weighted by Crippen LogP contribution is 2.20. The minimum atomic E-state index is -0.217. The minimum Gasteiger partial charge on any atom is -0.332 e. The lowest BCUT2D eigenvalue weighted by Gasteiger charge is -2.18. The van der Waals surface area contributed by atoms with Gasteiger partial charge in [0.25, 0.3) is 5.91 Å². The lowest BCUT2D eigenvalue weighted by molar-refractivity contribution is -0.116. The van der Waals surface area contributed by atoms with Crippen molar-refractivity contribution in [2.24, 2.45) is 0 Å². The second-order valence-corrected chi connectivity index (χ2v) is 6.31. The van der Waals surface area contributed by atoms with E-state index in [2.05, 4.69) is 21.2 Å². The van der Waals surface area contributed by atoms with Gasteiger partial charge in [-0.05, 0) is 53.0 Å². The topological polar surface area (TPSA) is 49.4 Å². The number of benzene rings is 2. The van der Waals surface area contributed by atoms with Crippen LogP contribution in [0, 0.1) is 13.8 Å². The Morgan fingerprint density at radius 2 is 1.65 bits per heavy atom. The highest BCUT2D eigenvalue weighted by molar-refractivity contribution is 9.10. The number of para-hydroxylation sites is 1. The van der Waals surface area contributed by atoms with E-state index in [1.54, 1.807) is 25.2 Å². The quantitative estimate of drug-likeness (QED) is 0.884. The molecule has 0 radical (unpaired) electrons. The predicted molar refractivity (Wildman–Crippen MR) is 95.6 cm³/mol. The average Bonchev–Trinajstić information content (AvgIpc) is 2.51. The van der Waals surface area contributed by atoms with E-state index in [0.29, 0.717) is 10.0 Å². The Morgan fingerprint density at radius 1 is 1.04 bits per heavy atom. The Balaban J connectivity index is 2.05. The first-order chi connectivity index (χ1) is 10.9. The molecule has 1 N–H and O–H groups in total. The lowest BCUT2D eigenvalue weighted by Crippen LogP contribution is -2.35. The molecule has 0 aliphatic rings. The smallest absolute Gasteiger partial charge is 0.255 e. The molecule has 0 aliphatic heterocycles. The van der Waals surface area contributed by atoms with Gasteiger partial charge in [0.15, 0.2) is 0 Å². The zero-order chi connectivity index (χ0) is 17.0. The summed E-state index contributed by atoms with van der Waals surface area (Å²) in [6.45, 7) is 3.88. The van der Waals surface area contributed by atoms with Crippen LogP contribution in [0.25, 0.3) is 0 Å². The number of aryl methyl sites for hydroxylation is 2. The molecule has 0 aromatic heterocycles. The molecule has 2 rings (SSSR count). The number of anilines is 1. The highest BCUT2D eigenvalue weighted by atomic mass is 79.9. The Hall–Kier alpha value is -2.14. The largest absolute Gasteiger partial charge is 0.332 e. The molecule has 0 aliphatic carbocycles. The number of carbonyl (C=O) groups is 2. The number of amides is 2. The third-order valence-corrected chi connectivity index (χ3v) is 4.27. The van der Waals surface area contributed by atoms with Crippen LogP contribution in [0.5, 0.6) is 0 Å². The van der Waals surface area contributed by atoms with Crippen LogP contribution in [-0.4, -0.2) is 30.3 Å². The van der Waals surface area contributed by atoms with E-state index >= 15 is 0 Å². The van der Waals surface area contributed by atoms with Crippen LogP contribution in [0.1, 0.15) is 21.5 Å². The molecule has 120 valence electrons. The van der Waals surface area contributed by atoms with Crippen LogP contribution in [0.2, 0.25) is 0 Å². The van der Waals surface area contributed by atoms with Crippen molar-refractivity contribution in [2.45, 2.75) is 13.8 Å². The highest BCUT2D eigenvalue weighted by Gasteiger charge is 2.17. The fourth-order valence-electron chi connectivity index (χ4n) is 2.32. The molecule has 0 bridgehead atoms. The first-order valence-electron chi connectivity index (χ1n) is 7.26. The van der Waals surface area contributed by atoms with Gasteiger partial charge in [0.2, 0.25) is 5.91 Å².